The van der Waals surface area contributed by atoms with Crippen LogP contribution in [0.2, 0.25) is 0 Å². The number of hydrogen-bond acceptors (Lipinski definition) is 6. The largest absolute Gasteiger partial charge is 0.444 e. The molecule has 0 radical (unpaired) electrons. The summed E-state index contributed by atoms with van der Waals surface area (Å²) in [5, 5.41) is 11.2. The number of carbonyl (C=O) groups is 2. The number of halogens is 1. The number of carbonyl (C=O) groups excluding carboxylic acids is 2. The lowest BCUT2D eigenvalue weighted by Crippen LogP contribution is -2.46. The zero-order chi connectivity index (χ0) is 30.5. The van der Waals surface area contributed by atoms with E-state index in [4.69, 9.17) is 16.3 Å². The second kappa shape index (κ2) is 10.7. The van der Waals surface area contributed by atoms with E-state index in [0.29, 0.717) is 55.1 Å². The molecule has 43 heavy (non-hydrogen) atoms. The first-order chi connectivity index (χ1) is 20.5. The van der Waals surface area contributed by atoms with Crippen LogP contribution in [-0.2, 0) is 18.3 Å². The summed E-state index contributed by atoms with van der Waals surface area (Å²) in [7, 11) is 1.87. The van der Waals surface area contributed by atoms with Crippen molar-refractivity contribution in [2.24, 2.45) is 7.05 Å². The van der Waals surface area contributed by atoms with Gasteiger partial charge in [0.25, 0.3) is 5.91 Å². The van der Waals surface area contributed by atoms with Crippen LogP contribution in [-0.4, -0.2) is 51.5 Å². The number of benzene rings is 2. The van der Waals surface area contributed by atoms with Gasteiger partial charge in [0.2, 0.25) is 5.69 Å². The summed E-state index contributed by atoms with van der Waals surface area (Å²) < 4.78 is 22.2. The van der Waals surface area contributed by atoms with Crippen molar-refractivity contribution in [3.05, 3.63) is 71.0 Å². The molecule has 0 aliphatic carbocycles. The Kier molecular flexibility index (Phi) is 7.00. The topological polar surface area (TPSA) is 106 Å². The normalized spacial score (nSPS) is 15.3. The summed E-state index contributed by atoms with van der Waals surface area (Å²) in [4.78, 5) is 36.0. The van der Waals surface area contributed by atoms with Crippen molar-refractivity contribution in [1.29, 1.82) is 0 Å². The van der Waals surface area contributed by atoms with E-state index in [9.17, 15) is 14.0 Å². The number of hydrogen-bond donors (Lipinski definition) is 2. The van der Waals surface area contributed by atoms with Crippen LogP contribution in [0.5, 0.6) is 0 Å². The summed E-state index contributed by atoms with van der Waals surface area (Å²) in [6, 6.07) is 10.3. The van der Waals surface area contributed by atoms with Crippen molar-refractivity contribution in [2.75, 3.05) is 18.0 Å². The quantitative estimate of drug-likeness (QED) is 0.298. The van der Waals surface area contributed by atoms with Crippen molar-refractivity contribution in [2.45, 2.75) is 51.8 Å². The first-order valence-electron chi connectivity index (χ1n) is 14.2. The van der Waals surface area contributed by atoms with Crippen LogP contribution in [0, 0.1) is 12.4 Å². The predicted octanol–water partition coefficient (Wildman–Crippen LogP) is 5.73. The molecule has 4 aromatic rings. The Morgan fingerprint density at radius 3 is 2.58 bits per heavy atom. The highest BCUT2D eigenvalue weighted by atomic mass is 19.1. The predicted molar refractivity (Wildman–Crippen MR) is 161 cm³/mol. The molecule has 10 nitrogen and oxygen atoms in total. The van der Waals surface area contributed by atoms with Gasteiger partial charge in [0, 0.05) is 49.2 Å². The fraction of sp³-hybridized carbons (Fsp3) is 0.344. The van der Waals surface area contributed by atoms with E-state index in [1.54, 1.807) is 16.9 Å². The molecule has 0 bridgehead atoms. The number of piperidine rings is 1. The number of pyridine rings is 1. The SMILES string of the molecule is [C-]#[N+]c1ccc(-c2nc(N3CCC(NC(=O)OC(C)(C)C)CC3)c3c(c2-c2ccc4c(cnn4C)c2)CNC3=O)cc1F. The van der Waals surface area contributed by atoms with E-state index in [2.05, 4.69) is 25.5 Å². The summed E-state index contributed by atoms with van der Waals surface area (Å²) in [5.41, 5.74) is 4.19. The van der Waals surface area contributed by atoms with Crippen molar-refractivity contribution in [1.82, 2.24) is 25.4 Å². The Labute approximate surface area is 248 Å². The van der Waals surface area contributed by atoms with E-state index < -0.39 is 17.5 Å². The lowest BCUT2D eigenvalue weighted by atomic mass is 9.91. The molecule has 1 fully saturated rings. The molecule has 0 atom stereocenters. The highest BCUT2D eigenvalue weighted by Crippen LogP contribution is 2.42. The molecule has 1 saturated heterocycles. The number of anilines is 1. The number of nitrogens with zero attached hydrogens (tertiary/aromatic N) is 5. The number of ether oxygens (including phenoxy) is 1. The van der Waals surface area contributed by atoms with Gasteiger partial charge in [-0.2, -0.15) is 5.10 Å². The fourth-order valence-electron chi connectivity index (χ4n) is 5.82. The van der Waals surface area contributed by atoms with E-state index in [-0.39, 0.29) is 17.6 Å². The van der Waals surface area contributed by atoms with Crippen LogP contribution in [0.3, 0.4) is 0 Å². The molecule has 2 aliphatic heterocycles. The van der Waals surface area contributed by atoms with Crippen LogP contribution in [0.25, 0.3) is 38.1 Å². The van der Waals surface area contributed by atoms with Crippen molar-refractivity contribution in [3.63, 3.8) is 0 Å². The lowest BCUT2D eigenvalue weighted by molar-refractivity contribution is 0.0497. The summed E-state index contributed by atoms with van der Waals surface area (Å²) in [6.45, 7) is 14.2. The number of alkyl carbamates (subject to hydrolysis) is 1. The molecular weight excluding hydrogens is 549 g/mol. The van der Waals surface area contributed by atoms with Gasteiger partial charge in [0.15, 0.2) is 0 Å². The van der Waals surface area contributed by atoms with Crippen molar-refractivity contribution < 1.29 is 18.7 Å². The molecule has 2 N–H and O–H groups in total. The van der Waals surface area contributed by atoms with Crippen molar-refractivity contribution >= 4 is 34.4 Å². The van der Waals surface area contributed by atoms with Gasteiger partial charge in [0.05, 0.1) is 29.5 Å². The molecule has 0 saturated carbocycles. The Hall–Kier alpha value is -4.98. The average Bonchev–Trinajstić information content (AvgIpc) is 3.53. The molecule has 2 aliphatic rings. The molecule has 2 aromatic carbocycles. The molecule has 4 heterocycles. The highest BCUT2D eigenvalue weighted by Gasteiger charge is 2.34. The Morgan fingerprint density at radius 1 is 1.14 bits per heavy atom. The van der Waals surface area contributed by atoms with Gasteiger partial charge in [0.1, 0.15) is 17.2 Å². The first kappa shape index (κ1) is 28.2. The third kappa shape index (κ3) is 5.36. The number of fused-ring (bicyclic) bond motifs is 2. The van der Waals surface area contributed by atoms with Gasteiger partial charge in [-0.3, -0.25) is 9.48 Å². The molecule has 220 valence electrons. The molecule has 0 spiro atoms. The maximum Gasteiger partial charge on any atom is 0.407 e. The van der Waals surface area contributed by atoms with Gasteiger partial charge < -0.3 is 20.3 Å². The molecule has 2 aromatic heterocycles. The third-order valence-electron chi connectivity index (χ3n) is 7.83. The van der Waals surface area contributed by atoms with Crippen LogP contribution in [0.1, 0.15) is 49.5 Å². The molecule has 2 amide bonds. The smallest absolute Gasteiger partial charge is 0.407 e. The van der Waals surface area contributed by atoms with Gasteiger partial charge in [-0.1, -0.05) is 18.2 Å². The minimum atomic E-state index is -0.631. The second-order valence-electron chi connectivity index (χ2n) is 11.9. The van der Waals surface area contributed by atoms with Crippen LogP contribution < -0.4 is 15.5 Å². The maximum atomic E-state index is 14.9. The number of aromatic nitrogens is 3. The summed E-state index contributed by atoms with van der Waals surface area (Å²) in [5.74, 6) is -0.318. The molecule has 6 rings (SSSR count). The third-order valence-corrected chi connectivity index (χ3v) is 7.83. The fourth-order valence-corrected chi connectivity index (χ4v) is 5.82. The van der Waals surface area contributed by atoms with E-state index >= 15 is 0 Å². The van der Waals surface area contributed by atoms with Crippen LogP contribution >= 0.6 is 0 Å². The Morgan fingerprint density at radius 2 is 1.88 bits per heavy atom. The number of amides is 2. The van der Waals surface area contributed by atoms with Gasteiger partial charge in [-0.15, -0.1) is 0 Å². The lowest BCUT2D eigenvalue weighted by Gasteiger charge is -2.34. The standard InChI is InChI=1S/C32H32FN7O3/c1-32(2,3)43-31(42)37-21-10-12-40(13-11-21)29-27-22(17-35-30(27)41)26(18-7-9-25-20(14-18)16-36-39(25)5)28(38-29)19-6-8-24(34-4)23(33)15-19/h6-9,14-16,21H,10-13,17H2,1-3,5H3,(H,35,41)(H,37,42). The second-order valence-corrected chi connectivity index (χ2v) is 11.9. The van der Waals surface area contributed by atoms with Gasteiger partial charge >= 0.3 is 6.09 Å². The summed E-state index contributed by atoms with van der Waals surface area (Å²) >= 11 is 0. The van der Waals surface area contributed by atoms with E-state index in [0.717, 1.165) is 27.6 Å². The monoisotopic (exact) mass is 581 g/mol. The zero-order valence-corrected chi connectivity index (χ0v) is 24.5. The highest BCUT2D eigenvalue weighted by molar-refractivity contribution is 6.07. The van der Waals surface area contributed by atoms with Crippen molar-refractivity contribution in [3.8, 4) is 22.4 Å². The molecule has 11 heteroatoms. The molecular formula is C32H32FN7O3. The number of aryl methyl sites for hydroxylation is 1. The number of nitrogens with one attached hydrogen (secondary N) is 2. The Bertz CT molecular complexity index is 1810. The minimum Gasteiger partial charge on any atom is -0.444 e. The van der Waals surface area contributed by atoms with Gasteiger partial charge in [-0.25, -0.2) is 19.0 Å². The van der Waals surface area contributed by atoms with Gasteiger partial charge in [-0.05, 0) is 62.9 Å². The number of rotatable bonds is 4. The zero-order valence-electron chi connectivity index (χ0n) is 24.5. The Balaban J connectivity index is 1.43. The summed E-state index contributed by atoms with van der Waals surface area (Å²) in [6.07, 6.45) is 2.61. The first-order valence-corrected chi connectivity index (χ1v) is 14.2. The minimum absolute atomic E-state index is 0.0696. The maximum absolute atomic E-state index is 14.9. The molecule has 0 unspecified atom stereocenters. The van der Waals surface area contributed by atoms with E-state index in [1.165, 1.54) is 12.1 Å². The van der Waals surface area contributed by atoms with Crippen LogP contribution in [0.4, 0.5) is 20.7 Å². The van der Waals surface area contributed by atoms with E-state index in [1.807, 2.05) is 46.0 Å². The average molecular weight is 582 g/mol. The van der Waals surface area contributed by atoms with Crippen LogP contribution in [0.15, 0.2) is 42.6 Å².